The highest BCUT2D eigenvalue weighted by Crippen LogP contribution is 2.68. The molecule has 0 radical (unpaired) electrons. The molecule has 4 rings (SSSR count). The molecule has 5 nitrogen and oxygen atoms in total. The number of nitrogens with zero attached hydrogens (tertiary/aromatic N) is 1. The van der Waals surface area contributed by atoms with Crippen molar-refractivity contribution in [3.8, 4) is 0 Å². The molecule has 0 saturated heterocycles. The van der Waals surface area contributed by atoms with Gasteiger partial charge in [0.2, 0.25) is 0 Å². The molecule has 4 fully saturated rings. The van der Waals surface area contributed by atoms with E-state index in [1.165, 1.54) is 44.9 Å². The lowest BCUT2D eigenvalue weighted by Crippen LogP contribution is -2.61. The number of oxime groups is 1. The smallest absolute Gasteiger partial charge is 0.184 e. The fourth-order valence-corrected chi connectivity index (χ4v) is 12.6. The summed E-state index contributed by atoms with van der Waals surface area (Å²) in [4.78, 5) is 5.44. The molecule has 4 saturated carbocycles. The second-order valence-electron chi connectivity index (χ2n) is 17.0. The minimum atomic E-state index is -1.73. The monoisotopic (exact) mass is 595 g/mol. The van der Waals surface area contributed by atoms with E-state index < -0.39 is 25.0 Å². The Balaban J connectivity index is 1.64. The molecule has 0 aliphatic heterocycles. The zero-order valence-corrected chi connectivity index (χ0v) is 30.5. The van der Waals surface area contributed by atoms with Crippen LogP contribution in [0.5, 0.6) is 0 Å². The van der Waals surface area contributed by atoms with Gasteiger partial charge in [0.05, 0.1) is 12.3 Å². The molecular formula is C31H61NO4Si3. The average molecular weight is 596 g/mol. The van der Waals surface area contributed by atoms with E-state index >= 15 is 0 Å². The number of fused-ring (bicyclic) bond motifs is 5. The summed E-state index contributed by atoms with van der Waals surface area (Å²) in [5, 5.41) is 4.64. The van der Waals surface area contributed by atoms with E-state index in [4.69, 9.17) is 18.1 Å². The summed E-state index contributed by atoms with van der Waals surface area (Å²) in [6.45, 7) is 26.9. The molecule has 0 amide bonds. The van der Waals surface area contributed by atoms with Crippen LogP contribution in [-0.2, 0) is 18.1 Å². The summed E-state index contributed by atoms with van der Waals surface area (Å²) in [6.07, 6.45) is 11.0. The second kappa shape index (κ2) is 11.3. The maximum atomic E-state index is 7.26. The Bertz CT molecular complexity index is 894. The molecule has 0 unspecified atom stereocenters. The van der Waals surface area contributed by atoms with Crippen LogP contribution < -0.4 is 0 Å². The van der Waals surface area contributed by atoms with Gasteiger partial charge >= 0.3 is 0 Å². The van der Waals surface area contributed by atoms with Crippen LogP contribution in [0.2, 0.25) is 58.9 Å². The first-order chi connectivity index (χ1) is 17.9. The SMILES string of the molecule is CO/N=C(\CO[Si](C)(C)C)[C@H]1CC[C@H]2[C@@H]3CC[C@@H]4C[C@H](O[Si](C)(C)C)CC[C@]4(C)[C@H]3[C@@H](O[Si](C)(C)C)C[C@]12C. The molecule has 0 N–H and O–H groups in total. The maximum absolute atomic E-state index is 7.26. The Labute approximate surface area is 243 Å². The van der Waals surface area contributed by atoms with Crippen molar-refractivity contribution in [1.82, 2.24) is 0 Å². The number of rotatable bonds is 9. The summed E-state index contributed by atoms with van der Waals surface area (Å²) >= 11 is 0. The lowest BCUT2D eigenvalue weighted by atomic mass is 9.44. The summed E-state index contributed by atoms with van der Waals surface area (Å²) < 4.78 is 20.4. The fraction of sp³-hybridized carbons (Fsp3) is 0.968. The largest absolute Gasteiger partial charge is 0.415 e. The highest BCUT2D eigenvalue weighted by atomic mass is 28.4. The van der Waals surface area contributed by atoms with E-state index in [9.17, 15) is 0 Å². The van der Waals surface area contributed by atoms with Gasteiger partial charge in [0.25, 0.3) is 0 Å². The van der Waals surface area contributed by atoms with Crippen LogP contribution in [0, 0.1) is 40.4 Å². The van der Waals surface area contributed by atoms with Gasteiger partial charge in [0.1, 0.15) is 7.11 Å². The lowest BCUT2D eigenvalue weighted by molar-refractivity contribution is -0.168. The van der Waals surface area contributed by atoms with Crippen LogP contribution in [0.1, 0.15) is 65.2 Å². The minimum absolute atomic E-state index is 0.187. The molecular weight excluding hydrogens is 535 g/mol. The summed E-state index contributed by atoms with van der Waals surface area (Å²) in [5.41, 5.74) is 1.68. The molecule has 0 aromatic heterocycles. The first-order valence-electron chi connectivity index (χ1n) is 16.0. The average Bonchev–Trinajstić information content (AvgIpc) is 3.10. The van der Waals surface area contributed by atoms with Crippen molar-refractivity contribution >= 4 is 30.7 Å². The van der Waals surface area contributed by atoms with Crippen molar-refractivity contribution < 1.29 is 18.1 Å². The molecule has 0 bridgehead atoms. The van der Waals surface area contributed by atoms with Gasteiger partial charge in [-0.05, 0) is 145 Å². The molecule has 4 aliphatic carbocycles. The number of hydrogen-bond acceptors (Lipinski definition) is 5. The van der Waals surface area contributed by atoms with Gasteiger partial charge < -0.3 is 18.1 Å². The predicted octanol–water partition coefficient (Wildman–Crippen LogP) is 8.55. The zero-order valence-electron chi connectivity index (χ0n) is 27.5. The minimum Gasteiger partial charge on any atom is -0.415 e. The van der Waals surface area contributed by atoms with Crippen molar-refractivity contribution in [3.63, 3.8) is 0 Å². The maximum Gasteiger partial charge on any atom is 0.184 e. The predicted molar refractivity (Wildman–Crippen MR) is 171 cm³/mol. The first-order valence-corrected chi connectivity index (χ1v) is 26.2. The Hall–Kier alpha value is 0.000649. The van der Waals surface area contributed by atoms with Gasteiger partial charge in [0.15, 0.2) is 25.0 Å². The molecule has 0 heterocycles. The van der Waals surface area contributed by atoms with Crippen LogP contribution in [0.25, 0.3) is 0 Å². The molecule has 0 aromatic rings. The van der Waals surface area contributed by atoms with E-state index in [-0.39, 0.29) is 5.41 Å². The molecule has 4 aliphatic rings. The fourth-order valence-electron chi connectivity index (χ4n) is 9.62. The van der Waals surface area contributed by atoms with Crippen molar-refractivity contribution in [2.75, 3.05) is 13.7 Å². The van der Waals surface area contributed by atoms with Gasteiger partial charge in [-0.25, -0.2) is 0 Å². The molecule has 0 aromatic carbocycles. The molecule has 39 heavy (non-hydrogen) atoms. The van der Waals surface area contributed by atoms with Crippen molar-refractivity contribution in [2.45, 2.75) is 136 Å². The normalized spacial score (nSPS) is 41.5. The molecule has 8 heteroatoms. The van der Waals surface area contributed by atoms with Gasteiger partial charge in [-0.2, -0.15) is 0 Å². The lowest BCUT2D eigenvalue weighted by Gasteiger charge is -2.64. The van der Waals surface area contributed by atoms with Gasteiger partial charge in [0, 0.05) is 18.1 Å². The Kier molecular flexibility index (Phi) is 9.21. The van der Waals surface area contributed by atoms with Crippen LogP contribution in [0.3, 0.4) is 0 Å². The standard InChI is InChI=1S/C31H61NO4Si3/c1-30-18-17-23(35-38(7,8)9)19-22(30)13-14-24-25-15-16-26(27(32-33-3)21-34-37(4,5)6)31(25,2)20-28(29(24)30)36-39(10,11)12/h22-26,28-29H,13-21H2,1-12H3/b32-27+/t22-,23-,24+,25+,26-,28+,29-,30+,31+/m1/s1. The summed E-state index contributed by atoms with van der Waals surface area (Å²) in [5.74, 6) is 3.32. The van der Waals surface area contributed by atoms with E-state index in [1.807, 2.05) is 0 Å². The van der Waals surface area contributed by atoms with E-state index in [1.54, 1.807) is 7.11 Å². The molecule has 226 valence electrons. The highest BCUT2D eigenvalue weighted by molar-refractivity contribution is 6.70. The second-order valence-corrected chi connectivity index (χ2v) is 30.4. The third kappa shape index (κ3) is 6.98. The van der Waals surface area contributed by atoms with Crippen molar-refractivity contribution in [1.29, 1.82) is 0 Å². The van der Waals surface area contributed by atoms with Crippen LogP contribution in [0.4, 0.5) is 0 Å². The quantitative estimate of drug-likeness (QED) is 0.152. The van der Waals surface area contributed by atoms with Gasteiger partial charge in [-0.3, -0.25) is 0 Å². The first kappa shape index (κ1) is 31.9. The third-order valence-electron chi connectivity index (χ3n) is 10.8. The third-order valence-corrected chi connectivity index (χ3v) is 13.9. The molecule has 9 atom stereocenters. The Morgan fingerprint density at radius 1 is 0.795 bits per heavy atom. The van der Waals surface area contributed by atoms with E-state index in [0.29, 0.717) is 36.1 Å². The van der Waals surface area contributed by atoms with E-state index in [2.05, 4.69) is 77.9 Å². The topological polar surface area (TPSA) is 49.3 Å². The van der Waals surface area contributed by atoms with E-state index in [0.717, 1.165) is 29.9 Å². The van der Waals surface area contributed by atoms with Crippen molar-refractivity contribution in [3.05, 3.63) is 0 Å². The van der Waals surface area contributed by atoms with Crippen LogP contribution in [0.15, 0.2) is 5.16 Å². The van der Waals surface area contributed by atoms with Gasteiger partial charge in [-0.15, -0.1) is 0 Å². The Morgan fingerprint density at radius 3 is 2.05 bits per heavy atom. The summed E-state index contributed by atoms with van der Waals surface area (Å²) in [7, 11) is -3.21. The molecule has 0 spiro atoms. The van der Waals surface area contributed by atoms with Crippen LogP contribution in [-0.4, -0.2) is 56.6 Å². The Morgan fingerprint density at radius 2 is 1.46 bits per heavy atom. The van der Waals surface area contributed by atoms with Crippen LogP contribution >= 0.6 is 0 Å². The number of hydrogen-bond donors (Lipinski definition) is 0. The summed E-state index contributed by atoms with van der Waals surface area (Å²) in [6, 6.07) is 0. The zero-order chi connectivity index (χ0) is 29.0. The van der Waals surface area contributed by atoms with Gasteiger partial charge in [-0.1, -0.05) is 19.0 Å². The highest BCUT2D eigenvalue weighted by Gasteiger charge is 2.64. The van der Waals surface area contributed by atoms with Crippen molar-refractivity contribution in [2.24, 2.45) is 45.6 Å².